The number of hydrogen-bond donors (Lipinski definition) is 0. The van der Waals surface area contributed by atoms with Gasteiger partial charge in [0.1, 0.15) is 11.2 Å². The minimum absolute atomic E-state index is 0.160. The van der Waals surface area contributed by atoms with Gasteiger partial charge >= 0.3 is 0 Å². The molecule has 0 fully saturated rings. The first-order valence-corrected chi connectivity index (χ1v) is 20.8. The summed E-state index contributed by atoms with van der Waals surface area (Å²) in [7, 11) is 0. The van der Waals surface area contributed by atoms with Gasteiger partial charge in [-0.15, -0.1) is 0 Å². The smallest absolute Gasteiger partial charge is 0.136 e. The van der Waals surface area contributed by atoms with Gasteiger partial charge in [-0.3, -0.25) is 0 Å². The Morgan fingerprint density at radius 2 is 0.833 bits per heavy atom. The maximum Gasteiger partial charge on any atom is 0.136 e. The SMILES string of the molecule is CC1(C)c2ccccc2N(c2cc(-c3ccc4c(c3)oc3cc5c6ccccc6c6ccccc6c5cc34)cc(-n3c4ccccc4c4ccccc43)c2)c2ccccc21. The monoisotopic (exact) mass is 766 g/mol. The molecule has 0 unspecified atom stereocenters. The summed E-state index contributed by atoms with van der Waals surface area (Å²) in [6.07, 6.45) is 0. The van der Waals surface area contributed by atoms with Gasteiger partial charge in [0.15, 0.2) is 0 Å². The Hall–Kier alpha value is -7.62. The molecule has 0 N–H and O–H groups in total. The minimum atomic E-state index is -0.160. The number of anilines is 3. The van der Waals surface area contributed by atoms with Crippen molar-refractivity contribution in [2.45, 2.75) is 19.3 Å². The Bertz CT molecular complexity index is 3670. The topological polar surface area (TPSA) is 21.3 Å². The number of nitrogens with zero attached hydrogens (tertiary/aromatic N) is 2. The Morgan fingerprint density at radius 3 is 1.45 bits per heavy atom. The Kier molecular flexibility index (Phi) is 6.78. The highest BCUT2D eigenvalue weighted by Crippen LogP contribution is 2.52. The van der Waals surface area contributed by atoms with Crippen LogP contribution in [0.4, 0.5) is 17.1 Å². The van der Waals surface area contributed by atoms with Gasteiger partial charge in [0.25, 0.3) is 0 Å². The third-order valence-electron chi connectivity index (χ3n) is 13.3. The molecule has 0 aliphatic carbocycles. The average molecular weight is 767 g/mol. The molecule has 3 nitrogen and oxygen atoms in total. The van der Waals surface area contributed by atoms with Gasteiger partial charge in [-0.1, -0.05) is 141 Å². The highest BCUT2D eigenvalue weighted by molar-refractivity contribution is 6.28. The second-order valence-electron chi connectivity index (χ2n) is 16.9. The fourth-order valence-corrected chi connectivity index (χ4v) is 10.5. The van der Waals surface area contributed by atoms with E-state index in [0.717, 1.165) is 44.4 Å². The molecule has 3 heterocycles. The van der Waals surface area contributed by atoms with Crippen LogP contribution in [0.5, 0.6) is 0 Å². The summed E-state index contributed by atoms with van der Waals surface area (Å²) >= 11 is 0. The largest absolute Gasteiger partial charge is 0.456 e. The van der Waals surface area contributed by atoms with E-state index in [1.54, 1.807) is 0 Å². The summed E-state index contributed by atoms with van der Waals surface area (Å²) in [6.45, 7) is 4.69. The third-order valence-corrected chi connectivity index (χ3v) is 13.3. The first kappa shape index (κ1) is 33.4. The Morgan fingerprint density at radius 1 is 0.350 bits per heavy atom. The van der Waals surface area contributed by atoms with Crippen molar-refractivity contribution < 1.29 is 4.42 Å². The van der Waals surface area contributed by atoms with Crippen molar-refractivity contribution >= 4 is 93.1 Å². The summed E-state index contributed by atoms with van der Waals surface area (Å²) in [5, 5.41) is 12.2. The Labute approximate surface area is 346 Å². The zero-order valence-electron chi connectivity index (χ0n) is 33.3. The summed E-state index contributed by atoms with van der Waals surface area (Å²) in [5.74, 6) is 0. The van der Waals surface area contributed by atoms with E-state index < -0.39 is 0 Å². The van der Waals surface area contributed by atoms with Gasteiger partial charge in [-0.25, -0.2) is 0 Å². The van der Waals surface area contributed by atoms with Crippen molar-refractivity contribution in [2.75, 3.05) is 4.90 Å². The maximum atomic E-state index is 6.85. The molecule has 0 saturated heterocycles. The molecule has 60 heavy (non-hydrogen) atoms. The van der Waals surface area contributed by atoms with E-state index in [1.807, 2.05) is 0 Å². The molecule has 282 valence electrons. The lowest BCUT2D eigenvalue weighted by Crippen LogP contribution is -2.30. The summed E-state index contributed by atoms with van der Waals surface area (Å²) in [5.41, 5.74) is 13.4. The minimum Gasteiger partial charge on any atom is -0.456 e. The Balaban J connectivity index is 1.07. The standard InChI is InChI=1S/C57H38N2O/c1-57(2)49-21-9-13-25-53(49)59(54-26-14-10-22-50(54)57)38-30-36(29-37(32-38)58-51-23-11-7-19-43(51)44-20-8-12-24-52(44)58)35-27-28-45-48-33-46-41-17-5-3-15-39(41)40-16-4-6-18-42(40)47(46)34-56(48)60-55(45)31-35/h3-34H,1-2H3. The van der Waals surface area contributed by atoms with Crippen LogP contribution < -0.4 is 4.90 Å². The molecular weight excluding hydrogens is 729 g/mol. The molecule has 0 radical (unpaired) electrons. The average Bonchev–Trinajstić information content (AvgIpc) is 3.83. The van der Waals surface area contributed by atoms with Crippen LogP contribution >= 0.6 is 0 Å². The van der Waals surface area contributed by atoms with Gasteiger partial charge in [0, 0.05) is 38.3 Å². The van der Waals surface area contributed by atoms with Crippen LogP contribution in [0.25, 0.3) is 92.9 Å². The number of fused-ring (bicyclic) bond motifs is 14. The van der Waals surface area contributed by atoms with Crippen LogP contribution in [-0.4, -0.2) is 4.57 Å². The van der Waals surface area contributed by atoms with Crippen molar-refractivity contribution in [3.63, 3.8) is 0 Å². The fourth-order valence-electron chi connectivity index (χ4n) is 10.5. The molecule has 1 aliphatic heterocycles. The van der Waals surface area contributed by atoms with E-state index in [2.05, 4.69) is 217 Å². The molecule has 13 rings (SSSR count). The van der Waals surface area contributed by atoms with Gasteiger partial charge in [0.05, 0.1) is 22.4 Å². The molecule has 12 aromatic rings. The van der Waals surface area contributed by atoms with Crippen LogP contribution in [0.15, 0.2) is 199 Å². The lowest BCUT2D eigenvalue weighted by Gasteiger charge is -2.42. The van der Waals surface area contributed by atoms with Crippen molar-refractivity contribution in [3.8, 4) is 16.8 Å². The van der Waals surface area contributed by atoms with Crippen LogP contribution in [0, 0.1) is 0 Å². The van der Waals surface area contributed by atoms with E-state index in [9.17, 15) is 0 Å². The zero-order chi connectivity index (χ0) is 39.7. The molecule has 0 bridgehead atoms. The molecule has 3 heteroatoms. The van der Waals surface area contributed by atoms with E-state index in [1.165, 1.54) is 76.6 Å². The van der Waals surface area contributed by atoms with E-state index >= 15 is 0 Å². The van der Waals surface area contributed by atoms with E-state index in [0.29, 0.717) is 0 Å². The van der Waals surface area contributed by atoms with Crippen molar-refractivity contribution in [1.29, 1.82) is 0 Å². The molecule has 2 aromatic heterocycles. The predicted octanol–water partition coefficient (Wildman–Crippen LogP) is 15.9. The number of furan rings is 1. The van der Waals surface area contributed by atoms with Crippen LogP contribution in [0.3, 0.4) is 0 Å². The van der Waals surface area contributed by atoms with E-state index in [4.69, 9.17) is 4.42 Å². The second-order valence-corrected chi connectivity index (χ2v) is 16.9. The normalized spacial score (nSPS) is 13.6. The zero-order valence-corrected chi connectivity index (χ0v) is 33.3. The molecule has 0 atom stereocenters. The summed E-state index contributed by atoms with van der Waals surface area (Å²) in [4.78, 5) is 2.47. The fraction of sp³-hybridized carbons (Fsp3) is 0.0526. The third kappa shape index (κ3) is 4.60. The molecule has 0 amide bonds. The van der Waals surface area contributed by atoms with Gasteiger partial charge in [-0.05, 0) is 121 Å². The molecular formula is C57H38N2O. The first-order chi connectivity index (χ1) is 29.5. The second kappa shape index (κ2) is 12.2. The number of benzene rings is 10. The molecule has 0 spiro atoms. The van der Waals surface area contributed by atoms with Crippen molar-refractivity contribution in [3.05, 3.63) is 205 Å². The number of para-hydroxylation sites is 4. The first-order valence-electron chi connectivity index (χ1n) is 20.8. The summed E-state index contributed by atoms with van der Waals surface area (Å²) < 4.78 is 9.28. The van der Waals surface area contributed by atoms with Crippen molar-refractivity contribution in [2.24, 2.45) is 0 Å². The lowest BCUT2D eigenvalue weighted by atomic mass is 9.73. The molecule has 10 aromatic carbocycles. The highest BCUT2D eigenvalue weighted by atomic mass is 16.3. The quantitative estimate of drug-likeness (QED) is 0.167. The van der Waals surface area contributed by atoms with Crippen LogP contribution in [0.2, 0.25) is 0 Å². The van der Waals surface area contributed by atoms with Gasteiger partial charge in [0.2, 0.25) is 0 Å². The number of rotatable bonds is 3. The van der Waals surface area contributed by atoms with Gasteiger partial charge in [-0.2, -0.15) is 0 Å². The summed E-state index contributed by atoms with van der Waals surface area (Å²) in [6, 6.07) is 71.3. The van der Waals surface area contributed by atoms with Gasteiger partial charge < -0.3 is 13.9 Å². The lowest BCUT2D eigenvalue weighted by molar-refractivity contribution is 0.632. The number of hydrogen-bond acceptors (Lipinski definition) is 2. The maximum absolute atomic E-state index is 6.85. The van der Waals surface area contributed by atoms with Crippen LogP contribution in [-0.2, 0) is 5.41 Å². The predicted molar refractivity (Wildman–Crippen MR) is 253 cm³/mol. The number of aromatic nitrogens is 1. The van der Waals surface area contributed by atoms with Crippen molar-refractivity contribution in [1.82, 2.24) is 4.57 Å². The van der Waals surface area contributed by atoms with E-state index in [-0.39, 0.29) is 5.41 Å². The molecule has 0 saturated carbocycles. The highest BCUT2D eigenvalue weighted by Gasteiger charge is 2.36. The van der Waals surface area contributed by atoms with Crippen LogP contribution in [0.1, 0.15) is 25.0 Å². The molecule has 1 aliphatic rings.